The van der Waals surface area contributed by atoms with Crippen LogP contribution in [0.15, 0.2) is 119 Å². The standard InChI is InChI=1S/C33H20BrCl2N3O2S/c34-23-11-14-25(15-12-23)38-29(20-7-3-1-4-8-20)18-22(30(38)21-9-5-2-6-10-21)17-26-31(40)37-33(42)39(32(26)41)28-16-13-24(35)19-27(28)36/h1-19H,(H,37,40,42). The van der Waals surface area contributed by atoms with Crippen LogP contribution in [0.2, 0.25) is 10.0 Å². The number of aromatic nitrogens is 1. The molecule has 6 rings (SSSR count). The van der Waals surface area contributed by atoms with E-state index in [2.05, 4.69) is 25.8 Å². The zero-order chi connectivity index (χ0) is 29.4. The summed E-state index contributed by atoms with van der Waals surface area (Å²) in [6.45, 7) is 0. The Hall–Kier alpha value is -4.01. The van der Waals surface area contributed by atoms with Gasteiger partial charge in [-0.1, -0.05) is 99.8 Å². The van der Waals surface area contributed by atoms with Gasteiger partial charge >= 0.3 is 0 Å². The van der Waals surface area contributed by atoms with Gasteiger partial charge in [-0.15, -0.1) is 0 Å². The van der Waals surface area contributed by atoms with Crippen LogP contribution in [-0.4, -0.2) is 21.5 Å². The third-order valence-corrected chi connectivity index (χ3v) is 8.14. The molecule has 1 fully saturated rings. The molecule has 1 aromatic heterocycles. The molecular formula is C33H20BrCl2N3O2S. The Labute approximate surface area is 266 Å². The Balaban J connectivity index is 1.60. The molecule has 0 bridgehead atoms. The molecule has 0 spiro atoms. The van der Waals surface area contributed by atoms with E-state index in [0.29, 0.717) is 16.3 Å². The van der Waals surface area contributed by atoms with Crippen molar-refractivity contribution in [2.24, 2.45) is 0 Å². The van der Waals surface area contributed by atoms with E-state index in [0.717, 1.165) is 32.7 Å². The van der Waals surface area contributed by atoms with E-state index in [9.17, 15) is 9.59 Å². The van der Waals surface area contributed by atoms with E-state index in [-0.39, 0.29) is 15.7 Å². The summed E-state index contributed by atoms with van der Waals surface area (Å²) in [5.74, 6) is -1.19. The first kappa shape index (κ1) is 28.1. The molecule has 2 amide bonds. The van der Waals surface area contributed by atoms with Crippen LogP contribution < -0.4 is 10.2 Å². The molecular weight excluding hydrogens is 653 g/mol. The van der Waals surface area contributed by atoms with Crippen molar-refractivity contribution in [3.63, 3.8) is 0 Å². The van der Waals surface area contributed by atoms with Crippen molar-refractivity contribution in [1.29, 1.82) is 0 Å². The summed E-state index contributed by atoms with van der Waals surface area (Å²) in [5, 5.41) is 3.22. The topological polar surface area (TPSA) is 54.3 Å². The molecule has 0 atom stereocenters. The van der Waals surface area contributed by atoms with Gasteiger partial charge in [0.05, 0.1) is 22.1 Å². The average molecular weight is 673 g/mol. The minimum atomic E-state index is -0.594. The lowest BCUT2D eigenvalue weighted by atomic mass is 10.0. The van der Waals surface area contributed by atoms with Crippen LogP contribution in [0.25, 0.3) is 34.3 Å². The monoisotopic (exact) mass is 671 g/mol. The molecule has 1 aliphatic heterocycles. The molecule has 9 heteroatoms. The van der Waals surface area contributed by atoms with Crippen molar-refractivity contribution in [1.82, 2.24) is 9.88 Å². The van der Waals surface area contributed by atoms with Crippen molar-refractivity contribution in [2.75, 3.05) is 4.90 Å². The van der Waals surface area contributed by atoms with Crippen LogP contribution in [0, 0.1) is 0 Å². The van der Waals surface area contributed by atoms with E-state index in [1.807, 2.05) is 91.0 Å². The molecule has 4 aromatic carbocycles. The predicted octanol–water partition coefficient (Wildman–Crippen LogP) is 8.71. The van der Waals surface area contributed by atoms with Crippen molar-refractivity contribution >= 4 is 80.0 Å². The minimum Gasteiger partial charge on any atom is -0.309 e. The Morgan fingerprint density at radius 2 is 1.43 bits per heavy atom. The van der Waals surface area contributed by atoms with Crippen LogP contribution >= 0.6 is 51.3 Å². The van der Waals surface area contributed by atoms with Gasteiger partial charge in [0, 0.05) is 20.7 Å². The van der Waals surface area contributed by atoms with Gasteiger partial charge in [-0.3, -0.25) is 19.8 Å². The van der Waals surface area contributed by atoms with Crippen molar-refractivity contribution in [3.8, 4) is 28.2 Å². The molecule has 0 aliphatic carbocycles. The number of anilines is 1. The Kier molecular flexibility index (Phi) is 7.84. The minimum absolute atomic E-state index is 0.0629. The molecule has 206 valence electrons. The molecule has 1 N–H and O–H groups in total. The highest BCUT2D eigenvalue weighted by atomic mass is 79.9. The zero-order valence-electron chi connectivity index (χ0n) is 21.7. The fourth-order valence-corrected chi connectivity index (χ4v) is 5.94. The van der Waals surface area contributed by atoms with Gasteiger partial charge in [-0.05, 0) is 78.0 Å². The molecule has 5 nitrogen and oxygen atoms in total. The average Bonchev–Trinajstić information content (AvgIpc) is 3.37. The number of hydrogen-bond acceptors (Lipinski definition) is 3. The van der Waals surface area contributed by atoms with Crippen molar-refractivity contribution < 1.29 is 9.59 Å². The maximum atomic E-state index is 13.9. The van der Waals surface area contributed by atoms with E-state index in [4.69, 9.17) is 35.4 Å². The van der Waals surface area contributed by atoms with Gasteiger partial charge in [-0.2, -0.15) is 0 Å². The number of hydrogen-bond donors (Lipinski definition) is 1. The lowest BCUT2D eigenvalue weighted by Crippen LogP contribution is -2.54. The lowest BCUT2D eigenvalue weighted by Gasteiger charge is -2.29. The Morgan fingerprint density at radius 1 is 0.786 bits per heavy atom. The summed E-state index contributed by atoms with van der Waals surface area (Å²) >= 11 is 21.4. The van der Waals surface area contributed by atoms with Crippen LogP contribution in [0.1, 0.15) is 5.56 Å². The number of benzene rings is 4. The number of rotatable bonds is 5. The first-order valence-electron chi connectivity index (χ1n) is 12.8. The van der Waals surface area contributed by atoms with E-state index in [1.54, 1.807) is 18.2 Å². The highest BCUT2D eigenvalue weighted by Crippen LogP contribution is 2.38. The van der Waals surface area contributed by atoms with Gasteiger partial charge in [-0.25, -0.2) is 0 Å². The third-order valence-electron chi connectivity index (χ3n) is 6.78. The van der Waals surface area contributed by atoms with Crippen LogP contribution in [0.5, 0.6) is 0 Å². The number of amides is 2. The summed E-state index contributed by atoms with van der Waals surface area (Å²) in [7, 11) is 0. The van der Waals surface area contributed by atoms with Gasteiger partial charge < -0.3 is 4.57 Å². The number of thiocarbonyl (C=S) groups is 1. The number of carbonyl (C=O) groups is 2. The second-order valence-electron chi connectivity index (χ2n) is 9.43. The Bertz CT molecular complexity index is 1890. The fourth-order valence-electron chi connectivity index (χ4n) is 4.91. The van der Waals surface area contributed by atoms with Crippen LogP contribution in [-0.2, 0) is 9.59 Å². The molecule has 1 saturated heterocycles. The normalized spacial score (nSPS) is 14.4. The number of nitrogens with one attached hydrogen (secondary N) is 1. The van der Waals surface area contributed by atoms with E-state index < -0.39 is 11.8 Å². The Morgan fingerprint density at radius 3 is 2.07 bits per heavy atom. The van der Waals surface area contributed by atoms with E-state index in [1.165, 1.54) is 11.0 Å². The largest absolute Gasteiger partial charge is 0.309 e. The predicted molar refractivity (Wildman–Crippen MR) is 177 cm³/mol. The summed E-state index contributed by atoms with van der Waals surface area (Å²) in [5.41, 5.74) is 5.41. The third kappa shape index (κ3) is 5.32. The van der Waals surface area contributed by atoms with Gasteiger partial charge in [0.25, 0.3) is 11.8 Å². The van der Waals surface area contributed by atoms with E-state index >= 15 is 0 Å². The van der Waals surface area contributed by atoms with Gasteiger partial charge in [0.2, 0.25) is 0 Å². The summed E-state index contributed by atoms with van der Waals surface area (Å²) < 4.78 is 3.08. The van der Waals surface area contributed by atoms with Crippen molar-refractivity contribution in [2.45, 2.75) is 0 Å². The highest BCUT2D eigenvalue weighted by Gasteiger charge is 2.36. The van der Waals surface area contributed by atoms with Gasteiger partial charge in [0.15, 0.2) is 5.11 Å². The van der Waals surface area contributed by atoms with Crippen molar-refractivity contribution in [3.05, 3.63) is 135 Å². The number of carbonyl (C=O) groups excluding carboxylic acids is 2. The summed E-state index contributed by atoms with van der Waals surface area (Å²) in [6, 6.07) is 34.5. The molecule has 42 heavy (non-hydrogen) atoms. The first-order valence-corrected chi connectivity index (χ1v) is 14.8. The van der Waals surface area contributed by atoms with Gasteiger partial charge in [0.1, 0.15) is 5.57 Å². The summed E-state index contributed by atoms with van der Waals surface area (Å²) in [4.78, 5) is 28.4. The molecule has 0 saturated carbocycles. The van der Waals surface area contributed by atoms with Crippen LogP contribution in [0.3, 0.4) is 0 Å². The number of halogens is 3. The highest BCUT2D eigenvalue weighted by molar-refractivity contribution is 9.10. The second-order valence-corrected chi connectivity index (χ2v) is 11.6. The second kappa shape index (κ2) is 11.7. The maximum absolute atomic E-state index is 13.9. The molecule has 0 radical (unpaired) electrons. The molecule has 1 aliphatic rings. The zero-order valence-corrected chi connectivity index (χ0v) is 25.6. The maximum Gasteiger partial charge on any atom is 0.270 e. The quantitative estimate of drug-likeness (QED) is 0.115. The molecule has 0 unspecified atom stereocenters. The smallest absolute Gasteiger partial charge is 0.270 e. The fraction of sp³-hybridized carbons (Fsp3) is 0. The first-order chi connectivity index (χ1) is 20.3. The lowest BCUT2D eigenvalue weighted by molar-refractivity contribution is -0.122. The molecule has 5 aromatic rings. The number of nitrogens with zero attached hydrogens (tertiary/aromatic N) is 2. The van der Waals surface area contributed by atoms with Crippen LogP contribution in [0.4, 0.5) is 5.69 Å². The SMILES string of the molecule is O=C1NC(=S)N(c2ccc(Cl)cc2Cl)C(=O)C1=Cc1cc(-c2ccccc2)n(-c2ccc(Br)cc2)c1-c1ccccc1. The molecule has 2 heterocycles. The summed E-state index contributed by atoms with van der Waals surface area (Å²) in [6.07, 6.45) is 1.61.